The van der Waals surface area contributed by atoms with Crippen molar-refractivity contribution in [3.63, 3.8) is 0 Å². The van der Waals surface area contributed by atoms with Gasteiger partial charge in [-0.15, -0.1) is 0 Å². The van der Waals surface area contributed by atoms with Crippen molar-refractivity contribution in [2.24, 2.45) is 0 Å². The van der Waals surface area contributed by atoms with E-state index in [0.29, 0.717) is 0 Å². The van der Waals surface area contributed by atoms with Crippen molar-refractivity contribution in [3.05, 3.63) is 23.7 Å². The van der Waals surface area contributed by atoms with Crippen molar-refractivity contribution in [1.29, 1.82) is 0 Å². The van der Waals surface area contributed by atoms with Crippen LogP contribution in [0.5, 0.6) is 0 Å². The zero-order valence-corrected chi connectivity index (χ0v) is 8.94. The first-order valence-electron chi connectivity index (χ1n) is 4.42. The van der Waals surface area contributed by atoms with Gasteiger partial charge in [0.05, 0.1) is 13.4 Å². The molecule has 1 heterocycles. The summed E-state index contributed by atoms with van der Waals surface area (Å²) in [5, 5.41) is 0. The lowest BCUT2D eigenvalue weighted by molar-refractivity contribution is -0.141. The fourth-order valence-corrected chi connectivity index (χ4v) is 1.10. The van der Waals surface area contributed by atoms with Crippen molar-refractivity contribution < 1.29 is 18.7 Å². The summed E-state index contributed by atoms with van der Waals surface area (Å²) >= 11 is 0. The van der Waals surface area contributed by atoms with Gasteiger partial charge in [0.1, 0.15) is 6.54 Å². The zero-order chi connectivity index (χ0) is 11.4. The average Bonchev–Trinajstić information content (AvgIpc) is 2.63. The van der Waals surface area contributed by atoms with Crippen LogP contribution in [0.15, 0.2) is 16.7 Å². The molecule has 1 aromatic rings. The number of hydrogen-bond donors (Lipinski definition) is 0. The highest BCUT2D eigenvalue weighted by Gasteiger charge is 2.19. The van der Waals surface area contributed by atoms with E-state index in [2.05, 4.69) is 4.74 Å². The molecule has 0 unspecified atom stereocenters. The highest BCUT2D eigenvalue weighted by Crippen LogP contribution is 2.10. The van der Waals surface area contributed by atoms with E-state index < -0.39 is 5.97 Å². The van der Waals surface area contributed by atoms with Gasteiger partial charge in [0, 0.05) is 12.6 Å². The molecule has 15 heavy (non-hydrogen) atoms. The van der Waals surface area contributed by atoms with Gasteiger partial charge in [0.25, 0.3) is 5.91 Å². The van der Waals surface area contributed by atoms with E-state index in [9.17, 15) is 9.59 Å². The van der Waals surface area contributed by atoms with Crippen LogP contribution >= 0.6 is 0 Å². The Hall–Kier alpha value is -1.78. The zero-order valence-electron chi connectivity index (χ0n) is 8.94. The lowest BCUT2D eigenvalue weighted by atomic mass is 10.2. The molecule has 0 fully saturated rings. The van der Waals surface area contributed by atoms with Gasteiger partial charge in [-0.05, 0) is 13.0 Å². The Morgan fingerprint density at radius 3 is 2.67 bits per heavy atom. The fraction of sp³-hybridized carbons (Fsp3) is 0.400. The molecule has 0 saturated heterocycles. The first-order valence-corrected chi connectivity index (χ1v) is 4.42. The summed E-state index contributed by atoms with van der Waals surface area (Å²) in [6.45, 7) is 1.68. The first kappa shape index (κ1) is 11.3. The summed E-state index contributed by atoms with van der Waals surface area (Å²) in [4.78, 5) is 23.9. The second-order valence-electron chi connectivity index (χ2n) is 3.17. The number of furan rings is 1. The Morgan fingerprint density at radius 1 is 1.53 bits per heavy atom. The van der Waals surface area contributed by atoms with Crippen LogP contribution in [0.25, 0.3) is 0 Å². The van der Waals surface area contributed by atoms with E-state index in [0.717, 1.165) is 5.56 Å². The molecule has 1 rings (SSSR count). The van der Waals surface area contributed by atoms with Gasteiger partial charge in [0.2, 0.25) is 0 Å². The molecule has 0 aromatic carbocycles. The first-order chi connectivity index (χ1) is 7.06. The van der Waals surface area contributed by atoms with Crippen LogP contribution in [-0.4, -0.2) is 37.5 Å². The minimum absolute atomic E-state index is 0.0878. The summed E-state index contributed by atoms with van der Waals surface area (Å²) in [6.07, 6.45) is 1.44. The van der Waals surface area contributed by atoms with E-state index in [-0.39, 0.29) is 18.2 Å². The van der Waals surface area contributed by atoms with Crippen LogP contribution in [0.4, 0.5) is 0 Å². The highest BCUT2D eigenvalue weighted by atomic mass is 16.5. The Morgan fingerprint density at radius 2 is 2.20 bits per heavy atom. The quantitative estimate of drug-likeness (QED) is 0.695. The molecular weight excluding hydrogens is 198 g/mol. The molecule has 0 radical (unpaired) electrons. The predicted octanol–water partition coefficient (Wildman–Crippen LogP) is 0.833. The molecule has 0 saturated carbocycles. The molecule has 0 atom stereocenters. The van der Waals surface area contributed by atoms with Crippen molar-refractivity contribution in [2.75, 3.05) is 20.7 Å². The fourth-order valence-electron chi connectivity index (χ4n) is 1.10. The Bertz CT molecular complexity index is 369. The van der Waals surface area contributed by atoms with E-state index in [1.807, 2.05) is 0 Å². The van der Waals surface area contributed by atoms with E-state index in [1.54, 1.807) is 13.0 Å². The minimum atomic E-state index is -0.463. The number of hydrogen-bond acceptors (Lipinski definition) is 4. The second kappa shape index (κ2) is 4.63. The monoisotopic (exact) mass is 211 g/mol. The molecular formula is C10H13NO4. The lowest BCUT2D eigenvalue weighted by Crippen LogP contribution is -2.32. The molecule has 0 bridgehead atoms. The van der Waals surface area contributed by atoms with Crippen LogP contribution in [0.3, 0.4) is 0 Å². The van der Waals surface area contributed by atoms with Gasteiger partial charge >= 0.3 is 5.97 Å². The summed E-state index contributed by atoms with van der Waals surface area (Å²) in [5.41, 5.74) is 0.747. The van der Waals surface area contributed by atoms with Crippen LogP contribution in [0.1, 0.15) is 16.1 Å². The minimum Gasteiger partial charge on any atom is -0.468 e. The third kappa shape index (κ3) is 2.59. The molecule has 5 heteroatoms. The number of ether oxygens (including phenoxy) is 1. The number of rotatable bonds is 3. The van der Waals surface area contributed by atoms with E-state index in [4.69, 9.17) is 4.42 Å². The maximum atomic E-state index is 11.7. The molecule has 1 aromatic heterocycles. The molecule has 0 spiro atoms. The molecule has 1 amide bonds. The van der Waals surface area contributed by atoms with Crippen LogP contribution in [0.2, 0.25) is 0 Å². The number of carbonyl (C=O) groups is 2. The SMILES string of the molecule is COC(=O)CN(C)C(=O)c1occc1C. The average molecular weight is 211 g/mol. The van der Waals surface area contributed by atoms with Crippen LogP contribution in [0, 0.1) is 6.92 Å². The smallest absolute Gasteiger partial charge is 0.325 e. The Kier molecular flexibility index (Phi) is 3.49. The normalized spacial score (nSPS) is 9.80. The molecule has 5 nitrogen and oxygen atoms in total. The third-order valence-electron chi connectivity index (χ3n) is 2.00. The Labute approximate surface area is 87.6 Å². The van der Waals surface area contributed by atoms with Crippen molar-refractivity contribution in [2.45, 2.75) is 6.92 Å². The topological polar surface area (TPSA) is 59.8 Å². The summed E-state index contributed by atoms with van der Waals surface area (Å²) in [7, 11) is 2.79. The van der Waals surface area contributed by atoms with Gasteiger partial charge in [0.15, 0.2) is 5.76 Å². The number of likely N-dealkylation sites (N-methyl/N-ethyl adjacent to an activating group) is 1. The number of nitrogens with zero attached hydrogens (tertiary/aromatic N) is 1. The van der Waals surface area contributed by atoms with Crippen LogP contribution in [-0.2, 0) is 9.53 Å². The number of esters is 1. The number of aryl methyl sites for hydroxylation is 1. The van der Waals surface area contributed by atoms with Gasteiger partial charge in [-0.2, -0.15) is 0 Å². The summed E-state index contributed by atoms with van der Waals surface area (Å²) in [6, 6.07) is 1.69. The molecule has 0 aliphatic rings. The molecule has 82 valence electrons. The van der Waals surface area contributed by atoms with E-state index >= 15 is 0 Å². The number of carbonyl (C=O) groups excluding carboxylic acids is 2. The largest absolute Gasteiger partial charge is 0.468 e. The standard InChI is InChI=1S/C10H13NO4/c1-7-4-5-15-9(7)10(13)11(2)6-8(12)14-3/h4-5H,6H2,1-3H3. The predicted molar refractivity (Wildman–Crippen MR) is 52.4 cm³/mol. The summed E-state index contributed by atoms with van der Waals surface area (Å²) < 4.78 is 9.47. The Balaban J connectivity index is 2.69. The number of methoxy groups -OCH3 is 1. The second-order valence-corrected chi connectivity index (χ2v) is 3.17. The van der Waals surface area contributed by atoms with Crippen molar-refractivity contribution in [1.82, 2.24) is 4.90 Å². The van der Waals surface area contributed by atoms with E-state index in [1.165, 1.54) is 25.3 Å². The third-order valence-corrected chi connectivity index (χ3v) is 2.00. The van der Waals surface area contributed by atoms with Gasteiger partial charge in [-0.3, -0.25) is 9.59 Å². The molecule has 0 aliphatic carbocycles. The maximum Gasteiger partial charge on any atom is 0.325 e. The van der Waals surface area contributed by atoms with Gasteiger partial charge in [-0.1, -0.05) is 0 Å². The number of amides is 1. The maximum absolute atomic E-state index is 11.7. The molecule has 0 aliphatic heterocycles. The van der Waals surface area contributed by atoms with Crippen LogP contribution < -0.4 is 0 Å². The van der Waals surface area contributed by atoms with Gasteiger partial charge in [-0.25, -0.2) is 0 Å². The molecule has 0 N–H and O–H groups in total. The summed E-state index contributed by atoms with van der Waals surface area (Å²) in [5.74, 6) is -0.542. The van der Waals surface area contributed by atoms with Gasteiger partial charge < -0.3 is 14.1 Å². The van der Waals surface area contributed by atoms with Crippen molar-refractivity contribution >= 4 is 11.9 Å². The lowest BCUT2D eigenvalue weighted by Gasteiger charge is -2.14. The highest BCUT2D eigenvalue weighted by molar-refractivity contribution is 5.94. The van der Waals surface area contributed by atoms with Crippen molar-refractivity contribution in [3.8, 4) is 0 Å².